The van der Waals surface area contributed by atoms with Crippen LogP contribution in [0.1, 0.15) is 296 Å². The third kappa shape index (κ3) is 42.9. The summed E-state index contributed by atoms with van der Waals surface area (Å²) >= 11 is 0. The summed E-state index contributed by atoms with van der Waals surface area (Å²) in [6.07, 6.45) is 65.3. The van der Waals surface area contributed by atoms with Crippen LogP contribution in [0.4, 0.5) is 0 Å². The maximum Gasteiger partial charge on any atom is 0.220 e. The second-order valence-corrected chi connectivity index (χ2v) is 21.8. The van der Waals surface area contributed by atoms with Crippen molar-refractivity contribution in [3.05, 3.63) is 48.6 Å². The molecule has 1 rings (SSSR count). The van der Waals surface area contributed by atoms with Crippen molar-refractivity contribution in [2.45, 2.75) is 339 Å². The van der Waals surface area contributed by atoms with Gasteiger partial charge in [0.05, 0.1) is 25.4 Å². The van der Waals surface area contributed by atoms with Crippen LogP contribution in [0.25, 0.3) is 0 Å². The van der Waals surface area contributed by atoms with Gasteiger partial charge in [-0.05, 0) is 64.2 Å². The first-order chi connectivity index (χ1) is 35.8. The van der Waals surface area contributed by atoms with E-state index in [1.807, 2.05) is 6.08 Å². The van der Waals surface area contributed by atoms with Crippen molar-refractivity contribution in [3.63, 3.8) is 0 Å². The Morgan fingerprint density at radius 2 is 0.808 bits per heavy atom. The zero-order valence-corrected chi connectivity index (χ0v) is 47.6. The quantitative estimate of drug-likeness (QED) is 0.0261. The van der Waals surface area contributed by atoms with E-state index in [0.717, 1.165) is 57.8 Å². The molecule has 1 aliphatic heterocycles. The second-order valence-electron chi connectivity index (χ2n) is 21.8. The summed E-state index contributed by atoms with van der Waals surface area (Å²) in [6, 6.07) is -0.826. The molecule has 9 nitrogen and oxygen atoms in total. The van der Waals surface area contributed by atoms with Gasteiger partial charge in [-0.25, -0.2) is 0 Å². The maximum atomic E-state index is 13.0. The summed E-state index contributed by atoms with van der Waals surface area (Å²) in [6.45, 7) is 3.69. The van der Waals surface area contributed by atoms with E-state index >= 15 is 0 Å². The number of amides is 1. The van der Waals surface area contributed by atoms with Crippen molar-refractivity contribution < 1.29 is 39.8 Å². The lowest BCUT2D eigenvalue weighted by atomic mass is 9.99. The first kappa shape index (κ1) is 69.2. The molecule has 0 aromatic rings. The minimum atomic E-state index is -1.57. The average Bonchev–Trinajstić information content (AvgIpc) is 3.39. The van der Waals surface area contributed by atoms with Crippen LogP contribution in [-0.2, 0) is 14.3 Å². The highest BCUT2D eigenvalue weighted by molar-refractivity contribution is 5.76. The van der Waals surface area contributed by atoms with Crippen LogP contribution in [0.15, 0.2) is 48.6 Å². The van der Waals surface area contributed by atoms with Gasteiger partial charge in [0.25, 0.3) is 0 Å². The van der Waals surface area contributed by atoms with Crippen molar-refractivity contribution in [2.75, 3.05) is 13.2 Å². The number of aliphatic hydroxyl groups is 5. The van der Waals surface area contributed by atoms with Gasteiger partial charge in [-0.3, -0.25) is 4.79 Å². The minimum Gasteiger partial charge on any atom is -0.394 e. The maximum absolute atomic E-state index is 13.0. The van der Waals surface area contributed by atoms with Crippen LogP contribution in [0, 0.1) is 0 Å². The van der Waals surface area contributed by atoms with Gasteiger partial charge in [-0.2, -0.15) is 0 Å². The highest BCUT2D eigenvalue weighted by atomic mass is 16.7. The number of rotatable bonds is 54. The lowest BCUT2D eigenvalue weighted by Crippen LogP contribution is -2.60. The predicted molar refractivity (Wildman–Crippen MR) is 309 cm³/mol. The zero-order valence-electron chi connectivity index (χ0n) is 47.6. The van der Waals surface area contributed by atoms with Gasteiger partial charge in [0, 0.05) is 6.42 Å². The summed E-state index contributed by atoms with van der Waals surface area (Å²) in [4.78, 5) is 13.0. The molecule has 6 N–H and O–H groups in total. The fourth-order valence-corrected chi connectivity index (χ4v) is 9.90. The van der Waals surface area contributed by atoms with E-state index in [1.54, 1.807) is 6.08 Å². The number of allylic oxidation sites excluding steroid dienone is 7. The molecule has 0 bridgehead atoms. The van der Waals surface area contributed by atoms with Crippen LogP contribution >= 0.6 is 0 Å². The average molecular weight is 1030 g/mol. The van der Waals surface area contributed by atoms with E-state index in [2.05, 4.69) is 55.6 Å². The number of aliphatic hydroxyl groups excluding tert-OH is 5. The molecule has 1 heterocycles. The van der Waals surface area contributed by atoms with E-state index in [1.165, 1.54) is 218 Å². The van der Waals surface area contributed by atoms with Gasteiger partial charge < -0.3 is 40.3 Å². The van der Waals surface area contributed by atoms with E-state index in [4.69, 9.17) is 9.47 Å². The van der Waals surface area contributed by atoms with Crippen LogP contribution in [0.5, 0.6) is 0 Å². The smallest absolute Gasteiger partial charge is 0.220 e. The summed E-state index contributed by atoms with van der Waals surface area (Å²) in [5, 5.41) is 54.3. The minimum absolute atomic E-state index is 0.189. The first-order valence-electron chi connectivity index (χ1n) is 31.4. The monoisotopic (exact) mass is 1030 g/mol. The summed E-state index contributed by atoms with van der Waals surface area (Å²) in [7, 11) is 0. The Morgan fingerprint density at radius 3 is 1.21 bits per heavy atom. The molecule has 1 amide bonds. The molecule has 0 aromatic heterocycles. The Balaban J connectivity index is 2.01. The van der Waals surface area contributed by atoms with Crippen LogP contribution in [0.2, 0.25) is 0 Å². The Bertz CT molecular complexity index is 1290. The number of unbranched alkanes of at least 4 members (excludes halogenated alkanes) is 38. The molecular formula is C64H119NO8. The number of hydrogen-bond donors (Lipinski definition) is 6. The molecule has 1 aliphatic rings. The highest BCUT2D eigenvalue weighted by Gasteiger charge is 2.44. The fourth-order valence-electron chi connectivity index (χ4n) is 9.90. The fraction of sp³-hybridized carbons (Fsp3) is 0.859. The molecule has 428 valence electrons. The van der Waals surface area contributed by atoms with Gasteiger partial charge in [0.15, 0.2) is 6.29 Å². The van der Waals surface area contributed by atoms with E-state index in [9.17, 15) is 30.3 Å². The molecule has 0 aliphatic carbocycles. The van der Waals surface area contributed by atoms with Crippen LogP contribution < -0.4 is 5.32 Å². The molecule has 0 saturated carbocycles. The third-order valence-corrected chi connectivity index (χ3v) is 14.8. The molecule has 73 heavy (non-hydrogen) atoms. The largest absolute Gasteiger partial charge is 0.394 e. The Morgan fingerprint density at radius 1 is 0.452 bits per heavy atom. The van der Waals surface area contributed by atoms with Crippen molar-refractivity contribution in [1.82, 2.24) is 5.32 Å². The molecule has 0 spiro atoms. The molecule has 7 atom stereocenters. The topological polar surface area (TPSA) is 149 Å². The number of carbonyl (C=O) groups excluding carboxylic acids is 1. The zero-order chi connectivity index (χ0) is 52.9. The van der Waals surface area contributed by atoms with E-state index in [0.29, 0.717) is 6.42 Å². The first-order valence-corrected chi connectivity index (χ1v) is 31.4. The number of ether oxygens (including phenoxy) is 2. The molecular weight excluding hydrogens is 911 g/mol. The Kier molecular flexibility index (Phi) is 50.7. The third-order valence-electron chi connectivity index (χ3n) is 14.8. The summed E-state index contributed by atoms with van der Waals surface area (Å²) < 4.78 is 11.2. The van der Waals surface area contributed by atoms with Gasteiger partial charge in [0.2, 0.25) is 5.91 Å². The van der Waals surface area contributed by atoms with Crippen molar-refractivity contribution in [3.8, 4) is 0 Å². The van der Waals surface area contributed by atoms with E-state index in [-0.39, 0.29) is 12.5 Å². The molecule has 7 unspecified atom stereocenters. The standard InChI is InChI=1S/C64H119NO8/c1-3-5-7-9-11-13-15-16-17-18-19-20-21-22-23-24-25-26-27-28-29-30-31-32-33-34-35-36-37-38-39-40-41-42-44-46-48-50-52-54-60(68)65-57(56-72-64-63(71)62(70)61(69)59(55-66)73-64)58(67)53-51-49-47-45-43-14-12-10-8-6-4-2/h8,10,18-19,43,45,51,53,57-59,61-64,66-67,69-71H,3-7,9,11-17,20-42,44,46-50,52,54-56H2,1-2H3,(H,65,68)/b10-8+,19-18-,45-43+,53-51+. The van der Waals surface area contributed by atoms with Crippen LogP contribution in [0.3, 0.4) is 0 Å². The molecule has 9 heteroatoms. The lowest BCUT2D eigenvalue weighted by Gasteiger charge is -2.40. The van der Waals surface area contributed by atoms with Gasteiger partial charge >= 0.3 is 0 Å². The predicted octanol–water partition coefficient (Wildman–Crippen LogP) is 16.1. The van der Waals surface area contributed by atoms with Crippen LogP contribution in [-0.4, -0.2) is 87.5 Å². The van der Waals surface area contributed by atoms with Gasteiger partial charge in [0.1, 0.15) is 24.4 Å². The molecule has 1 saturated heterocycles. The molecule has 0 radical (unpaired) electrons. The van der Waals surface area contributed by atoms with Gasteiger partial charge in [-0.15, -0.1) is 0 Å². The van der Waals surface area contributed by atoms with Crippen molar-refractivity contribution in [2.24, 2.45) is 0 Å². The van der Waals surface area contributed by atoms with Crippen molar-refractivity contribution in [1.29, 1.82) is 0 Å². The normalized spacial score (nSPS) is 19.4. The van der Waals surface area contributed by atoms with Crippen molar-refractivity contribution >= 4 is 5.91 Å². The Labute approximate surface area is 450 Å². The molecule has 1 fully saturated rings. The van der Waals surface area contributed by atoms with Gasteiger partial charge in [-0.1, -0.05) is 274 Å². The summed E-state index contributed by atoms with van der Waals surface area (Å²) in [5.74, 6) is -0.189. The SMILES string of the molecule is CCC/C=C/CC/C=C/CC/C=C/C(O)C(COC1OC(CO)C(O)C(O)C1O)NC(=O)CCCCCCCCCCCCCCCCCCCCCCCCCCCCC/C=C\CCCCCCCCCC. The molecule has 0 aromatic carbocycles. The second kappa shape index (κ2) is 53.5. The Hall–Kier alpha value is -1.85. The summed E-state index contributed by atoms with van der Waals surface area (Å²) in [5.41, 5.74) is 0. The number of carbonyl (C=O) groups is 1. The number of nitrogens with one attached hydrogen (secondary N) is 1. The highest BCUT2D eigenvalue weighted by Crippen LogP contribution is 2.23. The van der Waals surface area contributed by atoms with E-state index < -0.39 is 49.5 Å². The number of hydrogen-bond acceptors (Lipinski definition) is 8. The lowest BCUT2D eigenvalue weighted by molar-refractivity contribution is -0.302.